The average molecular weight is 443 g/mol. The van der Waals surface area contributed by atoms with Crippen molar-refractivity contribution >= 4 is 17.6 Å². The molecule has 6 heteroatoms. The molecule has 3 aromatic carbocycles. The Balaban J connectivity index is 1.78. The second kappa shape index (κ2) is 8.05. The third-order valence-corrected chi connectivity index (χ3v) is 7.01. The lowest BCUT2D eigenvalue weighted by atomic mass is 9.71. The van der Waals surface area contributed by atoms with E-state index in [-0.39, 0.29) is 11.9 Å². The van der Waals surface area contributed by atoms with Gasteiger partial charge in [0.2, 0.25) is 0 Å². The van der Waals surface area contributed by atoms with Crippen LogP contribution in [0.25, 0.3) is 0 Å². The summed E-state index contributed by atoms with van der Waals surface area (Å²) in [6.07, 6.45) is 0. The number of carbonyl (C=O) groups is 2. The molecule has 0 bridgehead atoms. The van der Waals surface area contributed by atoms with Crippen LogP contribution in [-0.4, -0.2) is 33.1 Å². The topological polar surface area (TPSA) is 67.9 Å². The number of amides is 1. The Hall–Kier alpha value is -3.64. The minimum atomic E-state index is -1.11. The number of hydrogen-bond acceptors (Lipinski definition) is 5. The number of esters is 1. The fourth-order valence-corrected chi connectivity index (χ4v) is 5.54. The van der Waals surface area contributed by atoms with E-state index in [1.807, 2.05) is 78.9 Å². The number of hydrogen-bond donors (Lipinski definition) is 1. The van der Waals surface area contributed by atoms with Crippen LogP contribution in [0.2, 0.25) is 0 Å². The molecule has 2 heterocycles. The number of para-hydroxylation sites is 1. The number of rotatable bonds is 4. The number of nitrogens with one attached hydrogen (secondary N) is 1. The van der Waals surface area contributed by atoms with Crippen LogP contribution in [0.4, 0.5) is 5.69 Å². The van der Waals surface area contributed by atoms with E-state index in [9.17, 15) is 9.59 Å². The second-order valence-electron chi connectivity index (χ2n) is 8.52. The molecule has 168 valence electrons. The number of anilines is 1. The molecule has 0 aromatic heterocycles. The summed E-state index contributed by atoms with van der Waals surface area (Å²) in [6.45, 7) is 0. The van der Waals surface area contributed by atoms with Gasteiger partial charge in [-0.25, -0.2) is 0 Å². The minimum Gasteiger partial charge on any atom is -0.497 e. The van der Waals surface area contributed by atoms with Crippen molar-refractivity contribution in [2.45, 2.75) is 17.5 Å². The van der Waals surface area contributed by atoms with Gasteiger partial charge in [0.05, 0.1) is 20.1 Å². The van der Waals surface area contributed by atoms with Gasteiger partial charge in [-0.2, -0.15) is 0 Å². The standard InChI is InChI=1S/C27H26N2O4/c1-29-21-12-8-7-11-20(21)27(26(29)31)23(17-13-15-19(32-2)16-14-17)22(25(30)33-3)24(28-27)18-9-5-4-6-10-18/h4-16,22-24,28H,1-3H3/t22-,23-,24-,27+/m0/s1. The van der Waals surface area contributed by atoms with Crippen LogP contribution < -0.4 is 15.0 Å². The summed E-state index contributed by atoms with van der Waals surface area (Å²) in [7, 11) is 4.80. The molecule has 1 spiro atoms. The normalized spacial score (nSPS) is 25.8. The van der Waals surface area contributed by atoms with Crippen LogP contribution in [0.5, 0.6) is 5.75 Å². The predicted octanol–water partition coefficient (Wildman–Crippen LogP) is 3.78. The van der Waals surface area contributed by atoms with E-state index >= 15 is 0 Å². The molecule has 6 nitrogen and oxygen atoms in total. The van der Waals surface area contributed by atoms with E-state index in [2.05, 4.69) is 5.32 Å². The lowest BCUT2D eigenvalue weighted by Crippen LogP contribution is -2.49. The SMILES string of the molecule is COC(=O)[C@@H]1[C@H](c2ccccc2)N[C@@]2(C(=O)N(C)c3ccccc32)[C@H]1c1ccc(OC)cc1. The van der Waals surface area contributed by atoms with Crippen LogP contribution in [-0.2, 0) is 19.9 Å². The molecule has 3 aromatic rings. The van der Waals surface area contributed by atoms with Crippen LogP contribution in [0.3, 0.4) is 0 Å². The largest absolute Gasteiger partial charge is 0.497 e. The van der Waals surface area contributed by atoms with E-state index in [0.717, 1.165) is 22.4 Å². The molecule has 1 N–H and O–H groups in total. The molecule has 5 rings (SSSR count). The summed E-state index contributed by atoms with van der Waals surface area (Å²) in [6, 6.07) is 24.7. The Kier molecular flexibility index (Phi) is 5.17. The van der Waals surface area contributed by atoms with Crippen molar-refractivity contribution in [3.8, 4) is 5.75 Å². The van der Waals surface area contributed by atoms with Crippen LogP contribution in [0.15, 0.2) is 78.9 Å². The summed E-state index contributed by atoms with van der Waals surface area (Å²) in [4.78, 5) is 29.0. The quantitative estimate of drug-likeness (QED) is 0.623. The molecule has 0 unspecified atom stereocenters. The van der Waals surface area contributed by atoms with E-state index < -0.39 is 23.4 Å². The van der Waals surface area contributed by atoms with Crippen molar-refractivity contribution in [2.75, 3.05) is 26.2 Å². The molecule has 2 aliphatic heterocycles. The maximum absolute atomic E-state index is 14.0. The highest BCUT2D eigenvalue weighted by Gasteiger charge is 2.65. The summed E-state index contributed by atoms with van der Waals surface area (Å²) in [5.41, 5.74) is 2.40. The fraction of sp³-hybridized carbons (Fsp3) is 0.259. The Bertz CT molecular complexity index is 1190. The van der Waals surface area contributed by atoms with Gasteiger partial charge in [-0.05, 0) is 29.3 Å². The van der Waals surface area contributed by atoms with Crippen molar-refractivity contribution < 1.29 is 19.1 Å². The first-order valence-electron chi connectivity index (χ1n) is 10.9. The van der Waals surface area contributed by atoms with E-state index in [0.29, 0.717) is 5.75 Å². The molecule has 0 saturated carbocycles. The molecular formula is C27H26N2O4. The number of benzene rings is 3. The molecule has 0 aliphatic carbocycles. The second-order valence-corrected chi connectivity index (χ2v) is 8.52. The number of ether oxygens (including phenoxy) is 2. The van der Waals surface area contributed by atoms with E-state index in [1.54, 1.807) is 19.1 Å². The lowest BCUT2D eigenvalue weighted by molar-refractivity contribution is -0.146. The van der Waals surface area contributed by atoms with Gasteiger partial charge in [-0.1, -0.05) is 60.7 Å². The van der Waals surface area contributed by atoms with Crippen molar-refractivity contribution in [2.24, 2.45) is 5.92 Å². The van der Waals surface area contributed by atoms with Gasteiger partial charge >= 0.3 is 5.97 Å². The first kappa shape index (κ1) is 21.2. The maximum atomic E-state index is 14.0. The minimum absolute atomic E-state index is 0.0862. The number of likely N-dealkylation sites (N-methyl/N-ethyl adjacent to an activating group) is 1. The molecule has 1 amide bonds. The smallest absolute Gasteiger partial charge is 0.311 e. The first-order chi connectivity index (χ1) is 16.0. The summed E-state index contributed by atoms with van der Waals surface area (Å²) in [5.74, 6) is -0.831. The molecule has 1 saturated heterocycles. The van der Waals surface area contributed by atoms with Gasteiger partial charge < -0.3 is 14.4 Å². The zero-order chi connectivity index (χ0) is 23.2. The Morgan fingerprint density at radius 1 is 0.909 bits per heavy atom. The number of carbonyl (C=O) groups excluding carboxylic acids is 2. The third-order valence-electron chi connectivity index (χ3n) is 7.01. The zero-order valence-electron chi connectivity index (χ0n) is 18.8. The predicted molar refractivity (Wildman–Crippen MR) is 125 cm³/mol. The third kappa shape index (κ3) is 3.05. The van der Waals surface area contributed by atoms with E-state index in [1.165, 1.54) is 7.11 Å². The summed E-state index contributed by atoms with van der Waals surface area (Å²) in [5, 5.41) is 3.64. The lowest BCUT2D eigenvalue weighted by Gasteiger charge is -2.32. The van der Waals surface area contributed by atoms with Crippen LogP contribution >= 0.6 is 0 Å². The monoisotopic (exact) mass is 442 g/mol. The van der Waals surface area contributed by atoms with Gasteiger partial charge in [0.1, 0.15) is 11.3 Å². The number of methoxy groups -OCH3 is 2. The van der Waals surface area contributed by atoms with Gasteiger partial charge in [0, 0.05) is 30.3 Å². The van der Waals surface area contributed by atoms with Crippen molar-refractivity contribution in [3.05, 3.63) is 95.6 Å². The van der Waals surface area contributed by atoms with Gasteiger partial charge in [0.15, 0.2) is 0 Å². The Labute approximate surface area is 193 Å². The maximum Gasteiger partial charge on any atom is 0.311 e. The van der Waals surface area contributed by atoms with Gasteiger partial charge in [-0.15, -0.1) is 0 Å². The molecular weight excluding hydrogens is 416 g/mol. The van der Waals surface area contributed by atoms with Gasteiger partial charge in [-0.3, -0.25) is 14.9 Å². The highest BCUT2D eigenvalue weighted by atomic mass is 16.5. The molecule has 33 heavy (non-hydrogen) atoms. The molecule has 1 fully saturated rings. The Morgan fingerprint density at radius 2 is 1.58 bits per heavy atom. The van der Waals surface area contributed by atoms with Crippen molar-refractivity contribution in [1.82, 2.24) is 5.32 Å². The highest BCUT2D eigenvalue weighted by molar-refractivity contribution is 6.09. The number of nitrogens with zero attached hydrogens (tertiary/aromatic N) is 1. The number of fused-ring (bicyclic) bond motifs is 2. The average Bonchev–Trinajstić information content (AvgIpc) is 3.34. The first-order valence-corrected chi connectivity index (χ1v) is 10.9. The Morgan fingerprint density at radius 3 is 2.24 bits per heavy atom. The molecule has 4 atom stereocenters. The van der Waals surface area contributed by atoms with Crippen molar-refractivity contribution in [1.29, 1.82) is 0 Å². The van der Waals surface area contributed by atoms with Crippen LogP contribution in [0.1, 0.15) is 28.7 Å². The van der Waals surface area contributed by atoms with Crippen LogP contribution in [0, 0.1) is 5.92 Å². The summed E-state index contributed by atoms with van der Waals surface area (Å²) < 4.78 is 10.7. The van der Waals surface area contributed by atoms with E-state index in [4.69, 9.17) is 9.47 Å². The van der Waals surface area contributed by atoms with Crippen molar-refractivity contribution in [3.63, 3.8) is 0 Å². The van der Waals surface area contributed by atoms with Gasteiger partial charge in [0.25, 0.3) is 5.91 Å². The molecule has 0 radical (unpaired) electrons. The molecule has 2 aliphatic rings. The fourth-order valence-electron chi connectivity index (χ4n) is 5.54. The zero-order valence-corrected chi connectivity index (χ0v) is 18.8. The highest BCUT2D eigenvalue weighted by Crippen LogP contribution is 2.58. The summed E-state index contributed by atoms with van der Waals surface area (Å²) >= 11 is 0.